The standard InChI is InChI=1S/C23H25N3O4/c1-2-29-18-7-5-17(6-8-18)16-25-11-13-26(14-12-25)23(28)19-9-10-20(24-22(19)27)21-4-3-15-30-21/h3-10,15H,2,11-14,16H2,1H3,(H,24,27). The van der Waals surface area contributed by atoms with Crippen molar-refractivity contribution in [3.8, 4) is 17.2 Å². The number of H-pyrrole nitrogens is 1. The lowest BCUT2D eigenvalue weighted by molar-refractivity contribution is 0.0626. The van der Waals surface area contributed by atoms with E-state index in [-0.39, 0.29) is 11.5 Å². The molecule has 0 saturated carbocycles. The van der Waals surface area contributed by atoms with Gasteiger partial charge in [-0.15, -0.1) is 0 Å². The molecular weight excluding hydrogens is 382 g/mol. The predicted octanol–water partition coefficient (Wildman–Crippen LogP) is 2.99. The SMILES string of the molecule is CCOc1ccc(CN2CCN(C(=O)c3ccc(-c4ccco4)[nH]c3=O)CC2)cc1. The Bertz CT molecular complexity index is 1030. The van der Waals surface area contributed by atoms with E-state index in [9.17, 15) is 9.59 Å². The van der Waals surface area contributed by atoms with Gasteiger partial charge in [0, 0.05) is 32.7 Å². The summed E-state index contributed by atoms with van der Waals surface area (Å²) in [4.78, 5) is 32.1. The Morgan fingerprint density at radius 2 is 1.83 bits per heavy atom. The van der Waals surface area contributed by atoms with Crippen LogP contribution in [0.4, 0.5) is 0 Å². The van der Waals surface area contributed by atoms with Crippen molar-refractivity contribution < 1.29 is 13.9 Å². The fourth-order valence-corrected chi connectivity index (χ4v) is 3.61. The number of rotatable bonds is 6. The van der Waals surface area contributed by atoms with E-state index in [2.05, 4.69) is 22.0 Å². The first-order chi connectivity index (χ1) is 14.6. The zero-order chi connectivity index (χ0) is 20.9. The molecule has 1 amide bonds. The van der Waals surface area contributed by atoms with Crippen molar-refractivity contribution >= 4 is 5.91 Å². The number of piperazine rings is 1. The summed E-state index contributed by atoms with van der Waals surface area (Å²) in [5, 5.41) is 0. The third-order valence-corrected chi connectivity index (χ3v) is 5.23. The lowest BCUT2D eigenvalue weighted by Crippen LogP contribution is -2.49. The highest BCUT2D eigenvalue weighted by atomic mass is 16.5. The summed E-state index contributed by atoms with van der Waals surface area (Å²) in [5.74, 6) is 1.21. The number of ether oxygens (including phenoxy) is 1. The van der Waals surface area contributed by atoms with Gasteiger partial charge in [0.2, 0.25) is 0 Å². The number of nitrogens with zero attached hydrogens (tertiary/aromatic N) is 2. The van der Waals surface area contributed by atoms with E-state index in [1.54, 1.807) is 35.4 Å². The maximum absolute atomic E-state index is 12.8. The molecule has 0 radical (unpaired) electrons. The molecule has 1 aliphatic heterocycles. The molecule has 30 heavy (non-hydrogen) atoms. The Balaban J connectivity index is 1.34. The quantitative estimate of drug-likeness (QED) is 0.680. The van der Waals surface area contributed by atoms with Crippen LogP contribution in [0.3, 0.4) is 0 Å². The van der Waals surface area contributed by atoms with Gasteiger partial charge in [-0.05, 0) is 48.9 Å². The van der Waals surface area contributed by atoms with Gasteiger partial charge in [0.1, 0.15) is 17.1 Å². The van der Waals surface area contributed by atoms with E-state index >= 15 is 0 Å². The molecule has 3 heterocycles. The summed E-state index contributed by atoms with van der Waals surface area (Å²) in [5.41, 5.74) is 1.53. The second kappa shape index (κ2) is 9.00. The smallest absolute Gasteiger partial charge is 0.261 e. The Morgan fingerprint density at radius 1 is 1.07 bits per heavy atom. The van der Waals surface area contributed by atoms with Crippen LogP contribution in [0.1, 0.15) is 22.8 Å². The van der Waals surface area contributed by atoms with Crippen LogP contribution in [-0.4, -0.2) is 53.5 Å². The molecule has 4 rings (SSSR count). The molecule has 7 nitrogen and oxygen atoms in total. The highest BCUT2D eigenvalue weighted by Crippen LogP contribution is 2.17. The van der Waals surface area contributed by atoms with E-state index in [0.29, 0.717) is 31.2 Å². The van der Waals surface area contributed by atoms with E-state index in [1.807, 2.05) is 19.1 Å². The van der Waals surface area contributed by atoms with Crippen LogP contribution >= 0.6 is 0 Å². The Morgan fingerprint density at radius 3 is 2.47 bits per heavy atom. The third-order valence-electron chi connectivity index (χ3n) is 5.23. The Labute approximate surface area is 174 Å². The summed E-state index contributed by atoms with van der Waals surface area (Å²) in [6.07, 6.45) is 1.54. The fourth-order valence-electron chi connectivity index (χ4n) is 3.61. The maximum Gasteiger partial charge on any atom is 0.261 e. The number of furan rings is 1. The molecule has 0 unspecified atom stereocenters. The van der Waals surface area contributed by atoms with E-state index in [0.717, 1.165) is 25.4 Å². The van der Waals surface area contributed by atoms with Crippen LogP contribution in [0, 0.1) is 0 Å². The molecule has 1 aliphatic rings. The molecule has 1 saturated heterocycles. The van der Waals surface area contributed by atoms with E-state index in [4.69, 9.17) is 9.15 Å². The molecule has 1 N–H and O–H groups in total. The number of nitrogens with one attached hydrogen (secondary N) is 1. The van der Waals surface area contributed by atoms with E-state index < -0.39 is 5.56 Å². The molecule has 1 fully saturated rings. The summed E-state index contributed by atoms with van der Waals surface area (Å²) in [7, 11) is 0. The number of carbonyl (C=O) groups excluding carboxylic acids is 1. The first-order valence-corrected chi connectivity index (χ1v) is 10.1. The lowest BCUT2D eigenvalue weighted by atomic mass is 10.1. The van der Waals surface area contributed by atoms with Crippen LogP contribution in [-0.2, 0) is 6.54 Å². The second-order valence-electron chi connectivity index (χ2n) is 7.24. The number of hydrogen-bond donors (Lipinski definition) is 1. The van der Waals surface area contributed by atoms with Gasteiger partial charge in [-0.25, -0.2) is 0 Å². The fraction of sp³-hybridized carbons (Fsp3) is 0.304. The van der Waals surface area contributed by atoms with Gasteiger partial charge in [-0.2, -0.15) is 0 Å². The zero-order valence-electron chi connectivity index (χ0n) is 17.0. The summed E-state index contributed by atoms with van der Waals surface area (Å²) in [6.45, 7) is 6.17. The number of amides is 1. The van der Waals surface area contributed by atoms with Gasteiger partial charge in [0.25, 0.3) is 11.5 Å². The van der Waals surface area contributed by atoms with Gasteiger partial charge in [0.15, 0.2) is 0 Å². The molecule has 3 aromatic rings. The minimum atomic E-state index is -0.397. The third kappa shape index (κ3) is 4.46. The molecular formula is C23H25N3O4. The van der Waals surface area contributed by atoms with Crippen molar-refractivity contribution in [2.75, 3.05) is 32.8 Å². The molecule has 2 aromatic heterocycles. The van der Waals surface area contributed by atoms with Crippen molar-refractivity contribution in [1.29, 1.82) is 0 Å². The number of aromatic nitrogens is 1. The van der Waals surface area contributed by atoms with E-state index in [1.165, 1.54) is 5.56 Å². The van der Waals surface area contributed by atoms with Gasteiger partial charge in [-0.3, -0.25) is 14.5 Å². The lowest BCUT2D eigenvalue weighted by Gasteiger charge is -2.34. The van der Waals surface area contributed by atoms with Gasteiger partial charge >= 0.3 is 0 Å². The van der Waals surface area contributed by atoms with Crippen molar-refractivity contribution in [2.24, 2.45) is 0 Å². The Hall–Kier alpha value is -3.32. The van der Waals surface area contributed by atoms with Crippen molar-refractivity contribution in [3.05, 3.63) is 76.3 Å². The number of carbonyl (C=O) groups is 1. The van der Waals surface area contributed by atoms with Gasteiger partial charge in [-0.1, -0.05) is 12.1 Å². The summed E-state index contributed by atoms with van der Waals surface area (Å²) >= 11 is 0. The molecule has 7 heteroatoms. The highest BCUT2D eigenvalue weighted by molar-refractivity contribution is 5.94. The molecule has 0 spiro atoms. The maximum atomic E-state index is 12.8. The number of aromatic amines is 1. The van der Waals surface area contributed by atoms with Crippen LogP contribution < -0.4 is 10.3 Å². The summed E-state index contributed by atoms with van der Waals surface area (Å²) in [6, 6.07) is 14.9. The van der Waals surface area contributed by atoms with Crippen molar-refractivity contribution in [1.82, 2.24) is 14.8 Å². The number of benzene rings is 1. The average molecular weight is 407 g/mol. The molecule has 1 aromatic carbocycles. The van der Waals surface area contributed by atoms with Crippen LogP contribution in [0.5, 0.6) is 5.75 Å². The van der Waals surface area contributed by atoms with Crippen LogP contribution in [0.25, 0.3) is 11.5 Å². The van der Waals surface area contributed by atoms with Crippen LogP contribution in [0.15, 0.2) is 64.0 Å². The molecule has 156 valence electrons. The van der Waals surface area contributed by atoms with Crippen molar-refractivity contribution in [2.45, 2.75) is 13.5 Å². The Kier molecular flexibility index (Phi) is 5.99. The minimum Gasteiger partial charge on any atom is -0.494 e. The topological polar surface area (TPSA) is 78.8 Å². The molecule has 0 atom stereocenters. The predicted molar refractivity (Wildman–Crippen MR) is 114 cm³/mol. The number of hydrogen-bond acceptors (Lipinski definition) is 5. The van der Waals surface area contributed by atoms with Crippen LogP contribution in [0.2, 0.25) is 0 Å². The van der Waals surface area contributed by atoms with Crippen molar-refractivity contribution in [3.63, 3.8) is 0 Å². The summed E-state index contributed by atoms with van der Waals surface area (Å²) < 4.78 is 10.8. The molecule has 0 bridgehead atoms. The monoisotopic (exact) mass is 407 g/mol. The first-order valence-electron chi connectivity index (χ1n) is 10.1. The first kappa shape index (κ1) is 20.0. The molecule has 0 aliphatic carbocycles. The number of pyridine rings is 1. The van der Waals surface area contributed by atoms with Gasteiger partial charge < -0.3 is 19.0 Å². The largest absolute Gasteiger partial charge is 0.494 e. The normalized spacial score (nSPS) is 14.6. The average Bonchev–Trinajstić information content (AvgIpc) is 3.30. The van der Waals surface area contributed by atoms with Gasteiger partial charge in [0.05, 0.1) is 18.6 Å². The highest BCUT2D eigenvalue weighted by Gasteiger charge is 2.24. The second-order valence-corrected chi connectivity index (χ2v) is 7.24. The zero-order valence-corrected chi connectivity index (χ0v) is 17.0. The minimum absolute atomic E-state index is 0.158.